The Labute approximate surface area is 126 Å². The first kappa shape index (κ1) is 14.7. The molecule has 0 bridgehead atoms. The number of nitrogens with zero attached hydrogens (tertiary/aromatic N) is 2. The molecule has 0 unspecified atom stereocenters. The highest BCUT2D eigenvalue weighted by atomic mass is 79.9. The Balaban J connectivity index is 2.24. The maximum atomic E-state index is 5.81. The van der Waals surface area contributed by atoms with Gasteiger partial charge in [-0.3, -0.25) is 4.68 Å². The maximum absolute atomic E-state index is 5.81. The Hall–Kier alpha value is -1.69. The summed E-state index contributed by atoms with van der Waals surface area (Å²) in [6.45, 7) is 0.362. The number of halogens is 1. The van der Waals surface area contributed by atoms with Gasteiger partial charge in [0.2, 0.25) is 5.75 Å². The molecule has 0 spiro atoms. The predicted molar refractivity (Wildman–Crippen MR) is 79.7 cm³/mol. The smallest absolute Gasteiger partial charge is 0.203 e. The van der Waals surface area contributed by atoms with Crippen LogP contribution in [0.15, 0.2) is 24.4 Å². The molecule has 0 aliphatic heterocycles. The molecule has 2 rings (SSSR count). The van der Waals surface area contributed by atoms with Gasteiger partial charge in [-0.25, -0.2) is 0 Å². The van der Waals surface area contributed by atoms with Gasteiger partial charge in [0.05, 0.1) is 19.9 Å². The van der Waals surface area contributed by atoms with Crippen LogP contribution in [-0.4, -0.2) is 24.0 Å². The van der Waals surface area contributed by atoms with Crippen molar-refractivity contribution in [2.75, 3.05) is 14.2 Å². The summed E-state index contributed by atoms with van der Waals surface area (Å²) in [5.41, 5.74) is 1.91. The summed E-state index contributed by atoms with van der Waals surface area (Å²) in [4.78, 5) is 0. The lowest BCUT2D eigenvalue weighted by Crippen LogP contribution is -2.02. The normalized spacial score (nSPS) is 10.4. The van der Waals surface area contributed by atoms with Crippen molar-refractivity contribution < 1.29 is 14.2 Å². The lowest BCUT2D eigenvalue weighted by molar-refractivity contribution is 0.262. The summed E-state index contributed by atoms with van der Waals surface area (Å²) in [5.74, 6) is 1.88. The number of methoxy groups -OCH3 is 2. The van der Waals surface area contributed by atoms with Crippen LogP contribution in [0.5, 0.6) is 17.2 Å². The van der Waals surface area contributed by atoms with Gasteiger partial charge in [-0.2, -0.15) is 5.10 Å². The first-order chi connectivity index (χ1) is 9.67. The molecule has 0 saturated heterocycles. The Bertz CT molecular complexity index is 559. The average Bonchev–Trinajstić information content (AvgIpc) is 2.89. The van der Waals surface area contributed by atoms with E-state index in [1.807, 2.05) is 31.4 Å². The van der Waals surface area contributed by atoms with E-state index in [9.17, 15) is 0 Å². The Morgan fingerprint density at radius 3 is 2.30 bits per heavy atom. The lowest BCUT2D eigenvalue weighted by Gasteiger charge is -2.15. The van der Waals surface area contributed by atoms with Crippen LogP contribution in [0.4, 0.5) is 0 Å². The Morgan fingerprint density at radius 2 is 1.85 bits per heavy atom. The molecule has 2 aromatic rings. The maximum Gasteiger partial charge on any atom is 0.203 e. The minimum atomic E-state index is 0.362. The monoisotopic (exact) mass is 340 g/mol. The van der Waals surface area contributed by atoms with Crippen LogP contribution in [0.25, 0.3) is 0 Å². The number of aromatic nitrogens is 2. The van der Waals surface area contributed by atoms with Crippen molar-refractivity contribution in [1.82, 2.24) is 9.78 Å². The molecule has 1 heterocycles. The first-order valence-corrected chi connectivity index (χ1v) is 7.22. The standard InChI is InChI=1S/C14H17BrN2O3/c1-17-5-4-11(16-17)9-20-14-12(18-2)6-10(8-15)7-13(14)19-3/h4-7H,8-9H2,1-3H3. The summed E-state index contributed by atoms with van der Waals surface area (Å²) in [6, 6.07) is 5.75. The Morgan fingerprint density at radius 1 is 1.20 bits per heavy atom. The van der Waals surface area contributed by atoms with Gasteiger partial charge in [-0.15, -0.1) is 0 Å². The zero-order valence-electron chi connectivity index (χ0n) is 11.7. The topological polar surface area (TPSA) is 45.5 Å². The van der Waals surface area contributed by atoms with E-state index in [2.05, 4.69) is 21.0 Å². The number of aryl methyl sites for hydroxylation is 1. The molecule has 20 heavy (non-hydrogen) atoms. The van der Waals surface area contributed by atoms with E-state index >= 15 is 0 Å². The summed E-state index contributed by atoms with van der Waals surface area (Å²) < 4.78 is 18.3. The SMILES string of the molecule is COc1cc(CBr)cc(OC)c1OCc1ccn(C)n1. The van der Waals surface area contributed by atoms with Crippen molar-refractivity contribution in [2.24, 2.45) is 7.05 Å². The second-order valence-electron chi connectivity index (χ2n) is 4.23. The van der Waals surface area contributed by atoms with E-state index in [0.29, 0.717) is 23.9 Å². The van der Waals surface area contributed by atoms with Crippen LogP contribution in [0.3, 0.4) is 0 Å². The number of hydrogen-bond acceptors (Lipinski definition) is 4. The average molecular weight is 341 g/mol. The number of rotatable bonds is 6. The zero-order valence-corrected chi connectivity index (χ0v) is 13.3. The van der Waals surface area contributed by atoms with Crippen LogP contribution in [0.1, 0.15) is 11.3 Å². The van der Waals surface area contributed by atoms with Gasteiger partial charge in [0, 0.05) is 18.6 Å². The van der Waals surface area contributed by atoms with Crippen LogP contribution < -0.4 is 14.2 Å². The highest BCUT2D eigenvalue weighted by Crippen LogP contribution is 2.39. The molecule has 0 saturated carbocycles. The molecule has 0 aliphatic rings. The van der Waals surface area contributed by atoms with E-state index in [1.165, 1.54) is 0 Å². The molecule has 5 nitrogen and oxygen atoms in total. The van der Waals surface area contributed by atoms with Crippen molar-refractivity contribution in [3.05, 3.63) is 35.7 Å². The fraction of sp³-hybridized carbons (Fsp3) is 0.357. The summed E-state index contributed by atoms with van der Waals surface area (Å²) in [5, 5.41) is 5.00. The van der Waals surface area contributed by atoms with Crippen LogP contribution in [-0.2, 0) is 19.0 Å². The van der Waals surface area contributed by atoms with Gasteiger partial charge in [0.25, 0.3) is 0 Å². The molecule has 0 atom stereocenters. The summed E-state index contributed by atoms with van der Waals surface area (Å²) >= 11 is 3.42. The number of ether oxygens (including phenoxy) is 3. The molecule has 6 heteroatoms. The summed E-state index contributed by atoms with van der Waals surface area (Å²) in [7, 11) is 5.09. The molecule has 0 fully saturated rings. The zero-order chi connectivity index (χ0) is 14.5. The molecule has 0 aliphatic carbocycles. The highest BCUT2D eigenvalue weighted by molar-refractivity contribution is 9.08. The molecule has 0 radical (unpaired) electrons. The quantitative estimate of drug-likeness (QED) is 0.758. The van der Waals surface area contributed by atoms with Gasteiger partial charge in [-0.1, -0.05) is 15.9 Å². The lowest BCUT2D eigenvalue weighted by atomic mass is 10.2. The minimum absolute atomic E-state index is 0.362. The minimum Gasteiger partial charge on any atom is -0.493 e. The number of alkyl halides is 1. The van der Waals surface area contributed by atoms with E-state index < -0.39 is 0 Å². The van der Waals surface area contributed by atoms with Crippen LogP contribution in [0, 0.1) is 0 Å². The van der Waals surface area contributed by atoms with Crippen molar-refractivity contribution >= 4 is 15.9 Å². The largest absolute Gasteiger partial charge is 0.493 e. The molecule has 108 valence electrons. The number of hydrogen-bond donors (Lipinski definition) is 0. The summed E-state index contributed by atoms with van der Waals surface area (Å²) in [6.07, 6.45) is 1.88. The molecule has 0 amide bonds. The molecule has 1 aromatic carbocycles. The first-order valence-electron chi connectivity index (χ1n) is 6.10. The second kappa shape index (κ2) is 6.65. The van der Waals surface area contributed by atoms with Gasteiger partial charge in [-0.05, 0) is 23.8 Å². The fourth-order valence-electron chi connectivity index (χ4n) is 1.84. The molecule has 1 aromatic heterocycles. The van der Waals surface area contributed by atoms with Gasteiger partial charge in [0.1, 0.15) is 6.61 Å². The van der Waals surface area contributed by atoms with Crippen molar-refractivity contribution in [1.29, 1.82) is 0 Å². The number of benzene rings is 1. The van der Waals surface area contributed by atoms with E-state index in [4.69, 9.17) is 14.2 Å². The van der Waals surface area contributed by atoms with E-state index in [-0.39, 0.29) is 0 Å². The van der Waals surface area contributed by atoms with Crippen LogP contribution in [0.2, 0.25) is 0 Å². The second-order valence-corrected chi connectivity index (χ2v) is 4.79. The van der Waals surface area contributed by atoms with E-state index in [1.54, 1.807) is 18.9 Å². The molecular formula is C14H17BrN2O3. The van der Waals surface area contributed by atoms with Crippen molar-refractivity contribution in [3.8, 4) is 17.2 Å². The predicted octanol–water partition coefficient (Wildman–Crippen LogP) is 2.91. The third-order valence-corrected chi connectivity index (χ3v) is 3.46. The third-order valence-electron chi connectivity index (χ3n) is 2.81. The van der Waals surface area contributed by atoms with E-state index in [0.717, 1.165) is 16.6 Å². The van der Waals surface area contributed by atoms with Gasteiger partial charge in [0.15, 0.2) is 11.5 Å². The van der Waals surface area contributed by atoms with Crippen LogP contribution >= 0.6 is 15.9 Å². The van der Waals surface area contributed by atoms with Crippen molar-refractivity contribution in [3.63, 3.8) is 0 Å². The molecular weight excluding hydrogens is 324 g/mol. The van der Waals surface area contributed by atoms with Gasteiger partial charge >= 0.3 is 0 Å². The fourth-order valence-corrected chi connectivity index (χ4v) is 2.16. The van der Waals surface area contributed by atoms with Gasteiger partial charge < -0.3 is 14.2 Å². The molecule has 0 N–H and O–H groups in total. The van der Waals surface area contributed by atoms with Crippen molar-refractivity contribution in [2.45, 2.75) is 11.9 Å². The Kier molecular flexibility index (Phi) is 4.89. The third kappa shape index (κ3) is 3.25. The highest BCUT2D eigenvalue weighted by Gasteiger charge is 2.14.